The highest BCUT2D eigenvalue weighted by Gasteiger charge is 2.36. The van der Waals surface area contributed by atoms with E-state index in [9.17, 15) is 14.4 Å². The van der Waals surface area contributed by atoms with Crippen molar-refractivity contribution in [2.24, 2.45) is 5.92 Å². The topological polar surface area (TPSA) is 89.9 Å². The summed E-state index contributed by atoms with van der Waals surface area (Å²) in [7, 11) is 0. The predicted molar refractivity (Wildman–Crippen MR) is 112 cm³/mol. The van der Waals surface area contributed by atoms with Crippen LogP contribution in [0.3, 0.4) is 0 Å². The van der Waals surface area contributed by atoms with Crippen LogP contribution in [0.15, 0.2) is 41.2 Å². The van der Waals surface area contributed by atoms with Crippen molar-refractivity contribution in [1.82, 2.24) is 14.8 Å². The molecule has 0 aliphatic carbocycles. The maximum atomic E-state index is 12.8. The number of aromatic nitrogens is 1. The van der Waals surface area contributed by atoms with Gasteiger partial charge in [0.05, 0.1) is 0 Å². The van der Waals surface area contributed by atoms with Crippen LogP contribution in [0.2, 0.25) is 0 Å². The number of rotatable bonds is 5. The Kier molecular flexibility index (Phi) is 5.13. The van der Waals surface area contributed by atoms with Crippen molar-refractivity contribution in [1.29, 1.82) is 0 Å². The second-order valence-electron chi connectivity index (χ2n) is 8.46. The fourth-order valence-electron chi connectivity index (χ4n) is 4.82. The van der Waals surface area contributed by atoms with Crippen LogP contribution in [0.25, 0.3) is 0 Å². The first-order valence-corrected chi connectivity index (χ1v) is 10.7. The number of benzene rings is 1. The molecule has 2 aromatic rings. The van der Waals surface area contributed by atoms with Gasteiger partial charge in [-0.3, -0.25) is 14.4 Å². The fourth-order valence-corrected chi connectivity index (χ4v) is 4.82. The van der Waals surface area contributed by atoms with Gasteiger partial charge in [-0.05, 0) is 36.1 Å². The first kappa shape index (κ1) is 19.7. The van der Waals surface area contributed by atoms with Crippen LogP contribution in [0, 0.1) is 5.92 Å². The van der Waals surface area contributed by atoms with Gasteiger partial charge in [0.1, 0.15) is 0 Å². The van der Waals surface area contributed by atoms with Gasteiger partial charge in [0, 0.05) is 56.7 Å². The van der Waals surface area contributed by atoms with Crippen LogP contribution in [0.5, 0.6) is 11.5 Å². The number of nitrogens with zero attached hydrogens (tertiary/aromatic N) is 2. The van der Waals surface area contributed by atoms with Crippen molar-refractivity contribution in [2.45, 2.75) is 38.3 Å². The van der Waals surface area contributed by atoms with Crippen molar-refractivity contribution in [3.8, 4) is 11.5 Å². The van der Waals surface area contributed by atoms with Crippen molar-refractivity contribution >= 4 is 11.8 Å². The molecule has 1 aromatic heterocycles. The van der Waals surface area contributed by atoms with Crippen molar-refractivity contribution < 1.29 is 19.1 Å². The molecule has 162 valence electrons. The maximum Gasteiger partial charge on any atom is 0.250 e. The lowest BCUT2D eigenvalue weighted by atomic mass is 9.83. The van der Waals surface area contributed by atoms with E-state index in [1.165, 1.54) is 0 Å². The Morgan fingerprint density at radius 2 is 1.90 bits per heavy atom. The molecule has 8 nitrogen and oxygen atoms in total. The van der Waals surface area contributed by atoms with Gasteiger partial charge in [0.15, 0.2) is 11.5 Å². The minimum atomic E-state index is -0.153. The Morgan fingerprint density at radius 1 is 1.03 bits per heavy atom. The van der Waals surface area contributed by atoms with Crippen molar-refractivity contribution in [3.05, 3.63) is 58.0 Å². The summed E-state index contributed by atoms with van der Waals surface area (Å²) < 4.78 is 12.5. The number of carbonyl (C=O) groups is 2. The second-order valence-corrected chi connectivity index (χ2v) is 8.46. The Bertz CT molecular complexity index is 1080. The molecule has 1 saturated heterocycles. The minimum Gasteiger partial charge on any atom is -0.454 e. The number of hydrogen-bond donors (Lipinski definition) is 1. The highest BCUT2D eigenvalue weighted by atomic mass is 16.7. The zero-order valence-corrected chi connectivity index (χ0v) is 17.2. The van der Waals surface area contributed by atoms with E-state index >= 15 is 0 Å². The summed E-state index contributed by atoms with van der Waals surface area (Å²) >= 11 is 0. The molecule has 1 aromatic carbocycles. The van der Waals surface area contributed by atoms with E-state index in [2.05, 4.69) is 5.32 Å². The first-order chi connectivity index (χ1) is 15.1. The van der Waals surface area contributed by atoms with E-state index < -0.39 is 0 Å². The van der Waals surface area contributed by atoms with E-state index in [4.69, 9.17) is 9.47 Å². The van der Waals surface area contributed by atoms with Gasteiger partial charge >= 0.3 is 0 Å². The van der Waals surface area contributed by atoms with Crippen LogP contribution < -0.4 is 20.3 Å². The molecular formula is C23H25N3O5. The van der Waals surface area contributed by atoms with E-state index in [1.807, 2.05) is 33.7 Å². The van der Waals surface area contributed by atoms with Crippen LogP contribution in [0.1, 0.15) is 36.4 Å². The number of hydrogen-bond acceptors (Lipinski definition) is 5. The number of carbonyl (C=O) groups excluding carboxylic acids is 2. The molecule has 1 fully saturated rings. The average molecular weight is 423 g/mol. The van der Waals surface area contributed by atoms with Gasteiger partial charge in [0.25, 0.3) is 5.56 Å². The molecule has 2 amide bonds. The number of likely N-dealkylation sites (tertiary alicyclic amines) is 1. The Hall–Kier alpha value is -3.29. The summed E-state index contributed by atoms with van der Waals surface area (Å²) in [5.41, 5.74) is 1.97. The third kappa shape index (κ3) is 4.02. The van der Waals surface area contributed by atoms with E-state index in [0.29, 0.717) is 37.7 Å². The summed E-state index contributed by atoms with van der Waals surface area (Å²) in [5, 5.41) is 2.86. The van der Waals surface area contributed by atoms with Crippen LogP contribution >= 0.6 is 0 Å². The zero-order chi connectivity index (χ0) is 21.4. The average Bonchev–Trinajstić information content (AvgIpc) is 3.24. The van der Waals surface area contributed by atoms with E-state index in [1.54, 1.807) is 12.1 Å². The molecule has 3 aliphatic rings. The molecule has 0 unspecified atom stereocenters. The van der Waals surface area contributed by atoms with E-state index in [0.717, 1.165) is 17.7 Å². The molecular weight excluding hydrogens is 398 g/mol. The summed E-state index contributed by atoms with van der Waals surface area (Å²) in [5.74, 6) is 1.71. The lowest BCUT2D eigenvalue weighted by Crippen LogP contribution is -2.49. The van der Waals surface area contributed by atoms with Gasteiger partial charge in [-0.25, -0.2) is 0 Å². The molecule has 2 bridgehead atoms. The number of nitrogens with one attached hydrogen (secondary N) is 1. The SMILES string of the molecule is O=C(CCC(=O)N1C[C@H]2C[C@@H](C1)c1cccc(=O)n1C2)NCc1ccc2c(c1)OCO2. The molecule has 5 rings (SSSR count). The molecule has 0 spiro atoms. The first-order valence-electron chi connectivity index (χ1n) is 10.7. The molecule has 0 saturated carbocycles. The Balaban J connectivity index is 1.12. The summed E-state index contributed by atoms with van der Waals surface area (Å²) in [4.78, 5) is 39.0. The monoisotopic (exact) mass is 423 g/mol. The molecule has 31 heavy (non-hydrogen) atoms. The molecule has 2 atom stereocenters. The number of fused-ring (bicyclic) bond motifs is 5. The van der Waals surface area contributed by atoms with Gasteiger partial charge in [-0.15, -0.1) is 0 Å². The third-order valence-electron chi connectivity index (χ3n) is 6.33. The highest BCUT2D eigenvalue weighted by molar-refractivity contribution is 5.83. The number of ether oxygens (including phenoxy) is 2. The van der Waals surface area contributed by atoms with Crippen molar-refractivity contribution in [2.75, 3.05) is 19.9 Å². The smallest absolute Gasteiger partial charge is 0.250 e. The van der Waals surface area contributed by atoms with Gasteiger partial charge < -0.3 is 24.3 Å². The predicted octanol–water partition coefficient (Wildman–Crippen LogP) is 1.62. The largest absolute Gasteiger partial charge is 0.454 e. The quantitative estimate of drug-likeness (QED) is 0.789. The number of amides is 2. The standard InChI is InChI=1S/C23H25N3O5/c27-21(24-10-15-4-5-19-20(9-15)31-14-30-19)6-7-22(28)25-11-16-8-17(13-25)18-2-1-3-23(29)26(18)12-16/h1-5,9,16-17H,6-8,10-14H2,(H,24,27)/t16-,17+/m1/s1. The molecule has 4 heterocycles. The van der Waals surface area contributed by atoms with Crippen molar-refractivity contribution in [3.63, 3.8) is 0 Å². The Labute approximate surface area is 179 Å². The minimum absolute atomic E-state index is 0.000317. The van der Waals surface area contributed by atoms with Gasteiger partial charge in [-0.2, -0.15) is 0 Å². The summed E-state index contributed by atoms with van der Waals surface area (Å²) in [6.45, 7) is 2.51. The van der Waals surface area contributed by atoms with Crippen LogP contribution in [0.4, 0.5) is 0 Å². The summed E-state index contributed by atoms with van der Waals surface area (Å²) in [6, 6.07) is 10.9. The molecule has 3 aliphatic heterocycles. The second kappa shape index (κ2) is 8.09. The number of pyridine rings is 1. The summed E-state index contributed by atoms with van der Waals surface area (Å²) in [6.07, 6.45) is 1.35. The normalized spacial score (nSPS) is 20.8. The zero-order valence-electron chi connectivity index (χ0n) is 17.2. The maximum absolute atomic E-state index is 12.8. The molecule has 0 radical (unpaired) electrons. The third-order valence-corrected chi connectivity index (χ3v) is 6.33. The van der Waals surface area contributed by atoms with Gasteiger partial charge in [0.2, 0.25) is 18.6 Å². The van der Waals surface area contributed by atoms with Gasteiger partial charge in [-0.1, -0.05) is 12.1 Å². The fraction of sp³-hybridized carbons (Fsp3) is 0.435. The molecule has 8 heteroatoms. The lowest BCUT2D eigenvalue weighted by molar-refractivity contribution is -0.136. The van der Waals surface area contributed by atoms with Crippen LogP contribution in [-0.4, -0.2) is 41.2 Å². The molecule has 1 N–H and O–H groups in total. The van der Waals surface area contributed by atoms with E-state index in [-0.39, 0.29) is 48.8 Å². The van der Waals surface area contributed by atoms with Crippen LogP contribution in [-0.2, 0) is 22.7 Å². The Morgan fingerprint density at radius 3 is 2.81 bits per heavy atom. The lowest BCUT2D eigenvalue weighted by Gasteiger charge is -2.42. The highest BCUT2D eigenvalue weighted by Crippen LogP contribution is 2.35. The number of piperidine rings is 1.